The molecular formula is C19H21N5O3S. The molecule has 8 nitrogen and oxygen atoms in total. The number of hydrogen-bond donors (Lipinski definition) is 2. The highest BCUT2D eigenvalue weighted by atomic mass is 32.2. The molecule has 0 spiro atoms. The number of benzene rings is 1. The van der Waals surface area contributed by atoms with E-state index in [4.69, 9.17) is 0 Å². The van der Waals surface area contributed by atoms with Crippen molar-refractivity contribution < 1.29 is 13.2 Å². The topological polar surface area (TPSA) is 108 Å². The number of imidazole rings is 1. The third kappa shape index (κ3) is 3.99. The number of carbonyl (C=O) groups is 1. The molecule has 2 aromatic heterocycles. The lowest BCUT2D eigenvalue weighted by Crippen LogP contribution is -2.37. The lowest BCUT2D eigenvalue weighted by atomic mass is 10.2. The van der Waals surface area contributed by atoms with Crippen LogP contribution in [0.15, 0.2) is 42.7 Å². The van der Waals surface area contributed by atoms with Crippen LogP contribution >= 0.6 is 0 Å². The molecule has 1 aliphatic heterocycles. The van der Waals surface area contributed by atoms with Gasteiger partial charge in [0.2, 0.25) is 15.9 Å². The monoisotopic (exact) mass is 399 g/mol. The van der Waals surface area contributed by atoms with Gasteiger partial charge in [-0.15, -0.1) is 0 Å². The Labute approximate surface area is 163 Å². The van der Waals surface area contributed by atoms with Gasteiger partial charge in [0.05, 0.1) is 28.7 Å². The van der Waals surface area contributed by atoms with Gasteiger partial charge in [-0.05, 0) is 37.1 Å². The number of sulfonamides is 1. The maximum absolute atomic E-state index is 12.3. The van der Waals surface area contributed by atoms with Gasteiger partial charge in [0.25, 0.3) is 0 Å². The van der Waals surface area contributed by atoms with Gasteiger partial charge in [-0.25, -0.2) is 13.4 Å². The minimum atomic E-state index is -3.28. The van der Waals surface area contributed by atoms with Crippen LogP contribution in [0.4, 0.5) is 11.4 Å². The molecule has 146 valence electrons. The van der Waals surface area contributed by atoms with Gasteiger partial charge < -0.3 is 10.3 Å². The molecule has 28 heavy (non-hydrogen) atoms. The van der Waals surface area contributed by atoms with E-state index in [-0.39, 0.29) is 18.1 Å². The van der Waals surface area contributed by atoms with Crippen LogP contribution in [0.3, 0.4) is 0 Å². The number of rotatable bonds is 5. The van der Waals surface area contributed by atoms with Crippen molar-refractivity contribution in [3.8, 4) is 0 Å². The zero-order chi connectivity index (χ0) is 19.6. The van der Waals surface area contributed by atoms with Crippen molar-refractivity contribution in [1.82, 2.24) is 15.0 Å². The quantitative estimate of drug-likeness (QED) is 0.685. The first-order valence-electron chi connectivity index (χ1n) is 9.20. The summed E-state index contributed by atoms with van der Waals surface area (Å²) in [5, 5.41) is 2.84. The van der Waals surface area contributed by atoms with E-state index >= 15 is 0 Å². The summed E-state index contributed by atoms with van der Waals surface area (Å²) in [6, 6.07) is 8.77. The summed E-state index contributed by atoms with van der Waals surface area (Å²) in [6.45, 7) is 0.473. The number of amides is 1. The van der Waals surface area contributed by atoms with E-state index in [0.717, 1.165) is 23.3 Å². The Kier molecular flexibility index (Phi) is 4.99. The number of nitrogens with zero attached hydrogens (tertiary/aromatic N) is 3. The van der Waals surface area contributed by atoms with Crippen molar-refractivity contribution in [1.29, 1.82) is 0 Å². The maximum atomic E-state index is 12.3. The highest BCUT2D eigenvalue weighted by Gasteiger charge is 2.26. The highest BCUT2D eigenvalue weighted by molar-refractivity contribution is 7.92. The van der Waals surface area contributed by atoms with Gasteiger partial charge in [0.1, 0.15) is 5.82 Å². The zero-order valence-electron chi connectivity index (χ0n) is 15.3. The molecule has 1 aliphatic rings. The summed E-state index contributed by atoms with van der Waals surface area (Å²) < 4.78 is 26.0. The summed E-state index contributed by atoms with van der Waals surface area (Å²) in [5.41, 5.74) is 2.83. The predicted molar refractivity (Wildman–Crippen MR) is 108 cm³/mol. The second-order valence-electron chi connectivity index (χ2n) is 6.77. The summed E-state index contributed by atoms with van der Waals surface area (Å²) in [6.07, 6.45) is 5.64. The van der Waals surface area contributed by atoms with Gasteiger partial charge in [0, 0.05) is 31.3 Å². The number of pyridine rings is 1. The Morgan fingerprint density at radius 2 is 2.14 bits per heavy atom. The number of hydrogen-bond acceptors (Lipinski definition) is 5. The van der Waals surface area contributed by atoms with Gasteiger partial charge >= 0.3 is 0 Å². The fourth-order valence-electron chi connectivity index (χ4n) is 3.30. The Morgan fingerprint density at radius 1 is 1.25 bits per heavy atom. The van der Waals surface area contributed by atoms with Crippen molar-refractivity contribution in [2.45, 2.75) is 25.7 Å². The van der Waals surface area contributed by atoms with E-state index in [1.807, 2.05) is 6.07 Å². The van der Waals surface area contributed by atoms with Crippen LogP contribution in [0.5, 0.6) is 0 Å². The highest BCUT2D eigenvalue weighted by Crippen LogP contribution is 2.26. The van der Waals surface area contributed by atoms with Crippen LogP contribution in [0.1, 0.15) is 25.1 Å². The van der Waals surface area contributed by atoms with E-state index in [2.05, 4.69) is 20.3 Å². The number of H-pyrrole nitrogens is 1. The molecule has 4 rings (SSSR count). The molecule has 1 amide bonds. The molecule has 0 bridgehead atoms. The molecule has 0 unspecified atom stereocenters. The lowest BCUT2D eigenvalue weighted by molar-refractivity contribution is -0.116. The standard InChI is InChI=1S/C19H21N5O3S/c25-19(7-6-18-22-16-8-9-20-13-17(16)23-18)21-14-4-3-5-15(12-14)24-10-1-2-11-28(24,26)27/h3-5,8-9,12-13H,1-2,6-7,10-11H2,(H,21,25)(H,22,23). The summed E-state index contributed by atoms with van der Waals surface area (Å²) >= 11 is 0. The van der Waals surface area contributed by atoms with Gasteiger partial charge in [-0.2, -0.15) is 0 Å². The lowest BCUT2D eigenvalue weighted by Gasteiger charge is -2.28. The normalized spacial score (nSPS) is 16.2. The SMILES string of the molecule is O=C(CCc1nc2ccncc2[nH]1)Nc1cccc(N2CCCCS2(=O)=O)c1. The molecular weight excluding hydrogens is 378 g/mol. The van der Waals surface area contributed by atoms with Crippen LogP contribution in [0.2, 0.25) is 0 Å². The number of carbonyl (C=O) groups excluding carboxylic acids is 1. The molecule has 1 aromatic carbocycles. The van der Waals surface area contributed by atoms with Crippen LogP contribution in [-0.2, 0) is 21.2 Å². The minimum Gasteiger partial charge on any atom is -0.341 e. The molecule has 1 saturated heterocycles. The number of anilines is 2. The van der Waals surface area contributed by atoms with E-state index in [9.17, 15) is 13.2 Å². The average Bonchev–Trinajstić information content (AvgIpc) is 3.09. The maximum Gasteiger partial charge on any atom is 0.235 e. The molecule has 0 atom stereocenters. The molecule has 0 saturated carbocycles. The predicted octanol–water partition coefficient (Wildman–Crippen LogP) is 2.46. The average molecular weight is 399 g/mol. The first kappa shape index (κ1) is 18.4. The first-order chi connectivity index (χ1) is 13.5. The van der Waals surface area contributed by atoms with E-state index in [1.165, 1.54) is 4.31 Å². The smallest absolute Gasteiger partial charge is 0.235 e. The number of nitrogens with one attached hydrogen (secondary N) is 2. The van der Waals surface area contributed by atoms with E-state index < -0.39 is 10.0 Å². The number of aryl methyl sites for hydroxylation is 1. The number of aromatic nitrogens is 3. The first-order valence-corrected chi connectivity index (χ1v) is 10.8. The van der Waals surface area contributed by atoms with Crippen LogP contribution in [0.25, 0.3) is 11.0 Å². The Morgan fingerprint density at radius 3 is 2.96 bits per heavy atom. The Bertz CT molecular complexity index is 1080. The van der Waals surface area contributed by atoms with E-state index in [1.54, 1.807) is 36.7 Å². The van der Waals surface area contributed by atoms with Crippen LogP contribution in [0, 0.1) is 0 Å². The zero-order valence-corrected chi connectivity index (χ0v) is 16.1. The second-order valence-corrected chi connectivity index (χ2v) is 8.78. The van der Waals surface area contributed by atoms with Crippen LogP contribution < -0.4 is 9.62 Å². The Balaban J connectivity index is 1.40. The number of fused-ring (bicyclic) bond motifs is 1. The van der Waals surface area contributed by atoms with Crippen LogP contribution in [-0.4, -0.2) is 41.6 Å². The minimum absolute atomic E-state index is 0.155. The van der Waals surface area contributed by atoms with Crippen molar-refractivity contribution >= 4 is 38.3 Å². The van der Waals surface area contributed by atoms with Crippen molar-refractivity contribution in [2.24, 2.45) is 0 Å². The van der Waals surface area contributed by atoms with Gasteiger partial charge in [0.15, 0.2) is 0 Å². The van der Waals surface area contributed by atoms with Gasteiger partial charge in [-0.1, -0.05) is 6.07 Å². The van der Waals surface area contributed by atoms with Crippen molar-refractivity contribution in [2.75, 3.05) is 21.9 Å². The number of aromatic amines is 1. The molecule has 9 heteroatoms. The van der Waals surface area contributed by atoms with Crippen molar-refractivity contribution in [3.05, 3.63) is 48.5 Å². The van der Waals surface area contributed by atoms with Gasteiger partial charge in [-0.3, -0.25) is 14.1 Å². The Hall–Kier alpha value is -2.94. The largest absolute Gasteiger partial charge is 0.341 e. The fourth-order valence-corrected chi connectivity index (χ4v) is 4.93. The fraction of sp³-hybridized carbons (Fsp3) is 0.316. The summed E-state index contributed by atoms with van der Waals surface area (Å²) in [7, 11) is -3.28. The molecule has 0 radical (unpaired) electrons. The van der Waals surface area contributed by atoms with Crippen molar-refractivity contribution in [3.63, 3.8) is 0 Å². The molecule has 3 aromatic rings. The third-order valence-electron chi connectivity index (χ3n) is 4.69. The second kappa shape index (κ2) is 7.59. The van der Waals surface area contributed by atoms with E-state index in [0.29, 0.717) is 30.8 Å². The molecule has 3 heterocycles. The molecule has 0 aliphatic carbocycles. The molecule has 2 N–H and O–H groups in total. The summed E-state index contributed by atoms with van der Waals surface area (Å²) in [4.78, 5) is 23.9. The summed E-state index contributed by atoms with van der Waals surface area (Å²) in [5.74, 6) is 0.736. The third-order valence-corrected chi connectivity index (χ3v) is 6.56. The molecule has 1 fully saturated rings.